The molecule has 3 heterocycles. The second-order valence-corrected chi connectivity index (χ2v) is 21.0. The lowest BCUT2D eigenvalue weighted by Gasteiger charge is -2.40. The van der Waals surface area contributed by atoms with Gasteiger partial charge in [0.25, 0.3) is 0 Å². The summed E-state index contributed by atoms with van der Waals surface area (Å²) in [5.41, 5.74) is 25.4. The summed E-state index contributed by atoms with van der Waals surface area (Å²) in [7, 11) is 0. The van der Waals surface area contributed by atoms with Gasteiger partial charge in [-0.25, -0.2) is 4.98 Å². The zero-order valence-electron chi connectivity index (χ0n) is 40.8. The molecule has 336 valence electrons. The topological polar surface area (TPSA) is 35.6 Å². The van der Waals surface area contributed by atoms with Crippen LogP contribution in [-0.2, 0) is 5.41 Å². The molecular weight excluding hydrogens is 837 g/mol. The molecule has 11 aromatic rings. The van der Waals surface area contributed by atoms with Gasteiger partial charge in [-0.2, -0.15) is 0 Å². The zero-order valence-corrected chi connectivity index (χ0v) is 40.8. The molecule has 2 atom stereocenters. The first kappa shape index (κ1) is 41.6. The monoisotopic (exact) mass is 892 g/mol. The fourth-order valence-corrected chi connectivity index (χ4v) is 12.5. The van der Waals surface area contributed by atoms with Crippen LogP contribution in [0.25, 0.3) is 77.5 Å². The summed E-state index contributed by atoms with van der Waals surface area (Å²) in [5, 5.41) is 5.23. The number of hydrogen-bond donors (Lipinski definition) is 0. The van der Waals surface area contributed by atoms with Crippen molar-refractivity contribution in [2.45, 2.75) is 79.1 Å². The van der Waals surface area contributed by atoms with Crippen molar-refractivity contribution >= 4 is 43.6 Å². The minimum Gasteiger partial charge on any atom is -0.309 e. The van der Waals surface area contributed by atoms with E-state index in [9.17, 15) is 0 Å². The van der Waals surface area contributed by atoms with E-state index in [1.807, 2.05) is 6.07 Å². The first-order valence-electron chi connectivity index (χ1n) is 24.7. The average molecular weight is 893 g/mol. The molecule has 3 aromatic heterocycles. The van der Waals surface area contributed by atoms with E-state index in [1.54, 1.807) is 0 Å². The summed E-state index contributed by atoms with van der Waals surface area (Å²) in [6, 6.07) is 62.3. The highest BCUT2D eigenvalue weighted by atomic mass is 15.0. The molecule has 0 radical (unpaired) electrons. The van der Waals surface area contributed by atoms with Gasteiger partial charge in [0.1, 0.15) is 0 Å². The molecular formula is C65H56N4. The third-order valence-electron chi connectivity index (χ3n) is 15.9. The Morgan fingerprint density at radius 2 is 0.855 bits per heavy atom. The van der Waals surface area contributed by atoms with Gasteiger partial charge in [-0.1, -0.05) is 127 Å². The standard InChI is InChI=1S/C65H56N4/c1-37-14-26-58-51(30-37)52-31-38(2)15-27-59(52)68(58)46-22-24-48-56(34-46)65(7,8)57-35-47(69-60-28-16-39(3)32-53(60)54-33-40(4)17-29-61(54)69)23-25-49(57)62(48)55-36-50(55)43-18-20-45(21-19-43)64-42(6)66-41(5)63(67-64)44-12-10-9-11-13-44/h9-35,50,55,62H,36H2,1-8H3. The van der Waals surface area contributed by atoms with Gasteiger partial charge in [-0.05, 0) is 160 Å². The van der Waals surface area contributed by atoms with E-state index in [-0.39, 0.29) is 11.3 Å². The Kier molecular flexibility index (Phi) is 9.18. The molecule has 0 amide bonds. The van der Waals surface area contributed by atoms with E-state index >= 15 is 0 Å². The Morgan fingerprint density at radius 1 is 0.435 bits per heavy atom. The van der Waals surface area contributed by atoms with Gasteiger partial charge in [-0.3, -0.25) is 4.98 Å². The van der Waals surface area contributed by atoms with Crippen LogP contribution in [0.15, 0.2) is 164 Å². The van der Waals surface area contributed by atoms with Crippen LogP contribution < -0.4 is 0 Å². The first-order valence-corrected chi connectivity index (χ1v) is 24.7. The van der Waals surface area contributed by atoms with Crippen LogP contribution in [0.5, 0.6) is 0 Å². The normalized spacial score (nSPS) is 16.4. The maximum Gasteiger partial charge on any atom is 0.0922 e. The molecule has 0 bridgehead atoms. The minimum absolute atomic E-state index is 0.251. The lowest BCUT2D eigenvalue weighted by molar-refractivity contribution is 0.552. The molecule has 0 N–H and O–H groups in total. The van der Waals surface area contributed by atoms with Crippen LogP contribution in [-0.4, -0.2) is 19.1 Å². The van der Waals surface area contributed by atoms with Crippen molar-refractivity contribution in [2.24, 2.45) is 5.92 Å². The van der Waals surface area contributed by atoms with Crippen molar-refractivity contribution in [3.63, 3.8) is 0 Å². The number of fused-ring (bicyclic) bond motifs is 8. The smallest absolute Gasteiger partial charge is 0.0922 e. The molecule has 8 aromatic carbocycles. The van der Waals surface area contributed by atoms with Crippen molar-refractivity contribution in [3.8, 4) is 33.9 Å². The van der Waals surface area contributed by atoms with Gasteiger partial charge >= 0.3 is 0 Å². The van der Waals surface area contributed by atoms with Crippen LogP contribution in [0, 0.1) is 47.5 Å². The molecule has 4 nitrogen and oxygen atoms in total. The third-order valence-corrected chi connectivity index (χ3v) is 15.9. The van der Waals surface area contributed by atoms with Crippen molar-refractivity contribution in [1.82, 2.24) is 19.1 Å². The Bertz CT molecular complexity index is 3620. The fraction of sp³-hybridized carbons (Fsp3) is 0.200. The number of aryl methyl sites for hydroxylation is 6. The molecule has 13 rings (SSSR count). The predicted octanol–water partition coefficient (Wildman–Crippen LogP) is 16.4. The number of benzene rings is 8. The van der Waals surface area contributed by atoms with E-state index in [2.05, 4.69) is 222 Å². The molecule has 1 saturated carbocycles. The molecule has 69 heavy (non-hydrogen) atoms. The highest BCUT2D eigenvalue weighted by molar-refractivity contribution is 6.11. The Labute approximate surface area is 405 Å². The summed E-state index contributed by atoms with van der Waals surface area (Å²) in [6.07, 6.45) is 1.14. The largest absolute Gasteiger partial charge is 0.309 e. The molecule has 2 aliphatic carbocycles. The zero-order chi connectivity index (χ0) is 47.0. The van der Waals surface area contributed by atoms with E-state index in [4.69, 9.17) is 9.97 Å². The maximum atomic E-state index is 5.22. The second kappa shape index (κ2) is 15.2. The molecule has 2 aliphatic rings. The number of aromatic nitrogens is 4. The number of hydrogen-bond acceptors (Lipinski definition) is 2. The van der Waals surface area contributed by atoms with Gasteiger partial charge in [-0.15, -0.1) is 0 Å². The van der Waals surface area contributed by atoms with E-state index < -0.39 is 0 Å². The fourth-order valence-electron chi connectivity index (χ4n) is 12.5. The second-order valence-electron chi connectivity index (χ2n) is 21.0. The average Bonchev–Trinajstić information content (AvgIpc) is 3.99. The number of rotatable bonds is 6. The van der Waals surface area contributed by atoms with E-state index in [0.717, 1.165) is 40.3 Å². The van der Waals surface area contributed by atoms with Gasteiger partial charge in [0, 0.05) is 55.4 Å². The summed E-state index contributed by atoms with van der Waals surface area (Å²) < 4.78 is 5.01. The van der Waals surface area contributed by atoms with Crippen molar-refractivity contribution in [3.05, 3.63) is 225 Å². The summed E-state index contributed by atoms with van der Waals surface area (Å²) in [5.74, 6) is 1.16. The molecule has 2 unspecified atom stereocenters. The van der Waals surface area contributed by atoms with Crippen molar-refractivity contribution in [1.29, 1.82) is 0 Å². The maximum absolute atomic E-state index is 5.22. The summed E-state index contributed by atoms with van der Waals surface area (Å²) in [6.45, 7) is 17.9. The summed E-state index contributed by atoms with van der Waals surface area (Å²) >= 11 is 0. The van der Waals surface area contributed by atoms with Crippen molar-refractivity contribution < 1.29 is 0 Å². The predicted molar refractivity (Wildman–Crippen MR) is 288 cm³/mol. The van der Waals surface area contributed by atoms with Gasteiger partial charge in [0.2, 0.25) is 0 Å². The van der Waals surface area contributed by atoms with E-state index in [0.29, 0.717) is 11.8 Å². The number of nitrogens with zero attached hydrogens (tertiary/aromatic N) is 4. The van der Waals surface area contributed by atoms with Gasteiger partial charge in [0.05, 0.1) is 44.8 Å². The molecule has 0 aliphatic heterocycles. The third kappa shape index (κ3) is 6.48. The van der Waals surface area contributed by atoms with E-state index in [1.165, 1.54) is 105 Å². The molecule has 1 fully saturated rings. The van der Waals surface area contributed by atoms with Crippen LogP contribution in [0.3, 0.4) is 0 Å². The van der Waals surface area contributed by atoms with Crippen LogP contribution in [0.4, 0.5) is 0 Å². The van der Waals surface area contributed by atoms with Gasteiger partial charge < -0.3 is 9.13 Å². The molecule has 0 saturated heterocycles. The summed E-state index contributed by atoms with van der Waals surface area (Å²) in [4.78, 5) is 10.2. The SMILES string of the molecule is Cc1ccc2c(c1)c1cc(C)ccc1n2-c1ccc2c(c1)C(C)(C)c1cc(-n3c4ccc(C)cc4c4cc(C)ccc43)ccc1C2C1CC1c1ccc(-c2nc(-c3ccccc3)c(C)nc2C)cc1. The van der Waals surface area contributed by atoms with Gasteiger partial charge in [0.15, 0.2) is 0 Å². The Morgan fingerprint density at radius 3 is 1.29 bits per heavy atom. The lowest BCUT2D eigenvalue weighted by Crippen LogP contribution is -2.31. The van der Waals surface area contributed by atoms with Crippen LogP contribution >= 0.6 is 0 Å². The minimum atomic E-state index is -0.275. The van der Waals surface area contributed by atoms with Crippen LogP contribution in [0.1, 0.15) is 93.6 Å². The molecule has 4 heteroatoms. The first-order chi connectivity index (χ1) is 33.4. The quantitative estimate of drug-likeness (QED) is 0.167. The Balaban J connectivity index is 0.953. The lowest BCUT2D eigenvalue weighted by atomic mass is 9.63. The molecule has 0 spiro atoms. The van der Waals surface area contributed by atoms with Crippen molar-refractivity contribution in [2.75, 3.05) is 0 Å². The Hall–Kier alpha value is -7.56. The highest BCUT2D eigenvalue weighted by Crippen LogP contribution is 2.62. The van der Waals surface area contributed by atoms with Crippen LogP contribution in [0.2, 0.25) is 0 Å². The highest BCUT2D eigenvalue weighted by Gasteiger charge is 2.50.